The van der Waals surface area contributed by atoms with Crippen molar-refractivity contribution < 1.29 is 14.3 Å². The Morgan fingerprint density at radius 1 is 1.24 bits per heavy atom. The second-order valence-corrected chi connectivity index (χ2v) is 8.09. The summed E-state index contributed by atoms with van der Waals surface area (Å²) in [6, 6.07) is 9.77. The smallest absolute Gasteiger partial charge is 0.251 e. The van der Waals surface area contributed by atoms with Crippen LogP contribution in [0.15, 0.2) is 35.5 Å². The highest BCUT2D eigenvalue weighted by Crippen LogP contribution is 2.24. The number of morpholine rings is 1. The van der Waals surface area contributed by atoms with E-state index < -0.39 is 0 Å². The monoisotopic (exact) mass is 416 g/mol. The lowest BCUT2D eigenvalue weighted by Crippen LogP contribution is -2.37. The van der Waals surface area contributed by atoms with Gasteiger partial charge in [-0.1, -0.05) is 23.9 Å². The minimum absolute atomic E-state index is 0.0510. The molecule has 2 aromatic rings. The van der Waals surface area contributed by atoms with Crippen LogP contribution in [0.2, 0.25) is 0 Å². The van der Waals surface area contributed by atoms with Gasteiger partial charge in [0.2, 0.25) is 0 Å². The van der Waals surface area contributed by atoms with Gasteiger partial charge < -0.3 is 19.7 Å². The molecule has 0 atom stereocenters. The van der Waals surface area contributed by atoms with Crippen LogP contribution in [0, 0.1) is 0 Å². The molecule has 0 spiro atoms. The maximum absolute atomic E-state index is 12.1. The van der Waals surface area contributed by atoms with E-state index in [1.165, 1.54) is 0 Å². The number of nitrogens with one attached hydrogen (secondary N) is 1. The standard InChI is InChI=1S/C21H28N4O3S/c1-15(2)22-20(26)17-6-4-16(5-7-17)14-29-21-23-18(13-27-3)12-19(24-21)25-8-10-28-11-9-25/h4-7,12,15H,8-11,13-14H2,1-3H3,(H,22,26). The molecule has 7 nitrogen and oxygen atoms in total. The first-order chi connectivity index (χ1) is 14.0. The van der Waals surface area contributed by atoms with E-state index in [1.807, 2.05) is 44.2 Å². The van der Waals surface area contributed by atoms with E-state index in [0.29, 0.717) is 25.4 Å². The van der Waals surface area contributed by atoms with Gasteiger partial charge in [0, 0.05) is 43.6 Å². The molecule has 0 radical (unpaired) electrons. The number of thioether (sulfide) groups is 1. The summed E-state index contributed by atoms with van der Waals surface area (Å²) >= 11 is 1.58. The van der Waals surface area contributed by atoms with E-state index in [1.54, 1.807) is 18.9 Å². The number of amides is 1. The molecule has 3 rings (SSSR count). The van der Waals surface area contributed by atoms with Gasteiger partial charge in [-0.25, -0.2) is 9.97 Å². The molecule has 1 amide bonds. The minimum Gasteiger partial charge on any atom is -0.378 e. The lowest BCUT2D eigenvalue weighted by atomic mass is 10.1. The van der Waals surface area contributed by atoms with Crippen LogP contribution in [0.5, 0.6) is 0 Å². The van der Waals surface area contributed by atoms with Gasteiger partial charge >= 0.3 is 0 Å². The molecule has 1 aromatic carbocycles. The second kappa shape index (κ2) is 10.6. The topological polar surface area (TPSA) is 76.6 Å². The first-order valence-corrected chi connectivity index (χ1v) is 10.8. The lowest BCUT2D eigenvalue weighted by Gasteiger charge is -2.28. The lowest BCUT2D eigenvalue weighted by molar-refractivity contribution is 0.0943. The highest BCUT2D eigenvalue weighted by molar-refractivity contribution is 7.98. The Hall–Kier alpha value is -2.16. The number of nitrogens with zero attached hydrogens (tertiary/aromatic N) is 3. The number of methoxy groups -OCH3 is 1. The highest BCUT2D eigenvalue weighted by Gasteiger charge is 2.15. The van der Waals surface area contributed by atoms with Crippen LogP contribution in [0.1, 0.15) is 35.5 Å². The normalized spacial score (nSPS) is 14.3. The Bertz CT molecular complexity index is 808. The third kappa shape index (κ3) is 6.42. The predicted octanol–water partition coefficient (Wildman–Crippen LogP) is 2.89. The molecule has 1 aromatic heterocycles. The predicted molar refractivity (Wildman–Crippen MR) is 114 cm³/mol. The van der Waals surface area contributed by atoms with Crippen molar-refractivity contribution in [2.24, 2.45) is 0 Å². The van der Waals surface area contributed by atoms with Crippen LogP contribution < -0.4 is 10.2 Å². The molecule has 156 valence electrons. The van der Waals surface area contributed by atoms with Crippen LogP contribution in [0.3, 0.4) is 0 Å². The Balaban J connectivity index is 1.67. The molecule has 8 heteroatoms. The summed E-state index contributed by atoms with van der Waals surface area (Å²) in [6.07, 6.45) is 0. The Morgan fingerprint density at radius 3 is 2.62 bits per heavy atom. The Kier molecular flexibility index (Phi) is 7.85. The van der Waals surface area contributed by atoms with Crippen LogP contribution in [0.25, 0.3) is 0 Å². The molecular weight excluding hydrogens is 388 g/mol. The van der Waals surface area contributed by atoms with Gasteiger partial charge in [-0.2, -0.15) is 0 Å². The van der Waals surface area contributed by atoms with Gasteiger partial charge in [-0.3, -0.25) is 4.79 Å². The fraction of sp³-hybridized carbons (Fsp3) is 0.476. The van der Waals surface area contributed by atoms with Crippen molar-refractivity contribution in [1.29, 1.82) is 0 Å². The summed E-state index contributed by atoms with van der Waals surface area (Å²) in [5, 5.41) is 3.63. The van der Waals surface area contributed by atoms with Crippen molar-refractivity contribution >= 4 is 23.5 Å². The minimum atomic E-state index is -0.0510. The van der Waals surface area contributed by atoms with Crippen molar-refractivity contribution in [1.82, 2.24) is 15.3 Å². The fourth-order valence-electron chi connectivity index (χ4n) is 2.95. The van der Waals surface area contributed by atoms with Crippen molar-refractivity contribution in [3.05, 3.63) is 47.2 Å². The van der Waals surface area contributed by atoms with Gasteiger partial charge in [-0.15, -0.1) is 0 Å². The molecule has 0 aliphatic carbocycles. The van der Waals surface area contributed by atoms with Crippen molar-refractivity contribution in [2.75, 3.05) is 38.3 Å². The summed E-state index contributed by atoms with van der Waals surface area (Å²) in [4.78, 5) is 23.6. The number of ether oxygens (including phenoxy) is 2. The molecule has 1 fully saturated rings. The van der Waals surface area contributed by atoms with Crippen molar-refractivity contribution in [3.63, 3.8) is 0 Å². The second-order valence-electron chi connectivity index (χ2n) is 7.15. The zero-order valence-corrected chi connectivity index (χ0v) is 18.0. The average Bonchev–Trinajstić information content (AvgIpc) is 2.73. The van der Waals surface area contributed by atoms with Gasteiger partial charge in [0.15, 0.2) is 5.16 Å². The van der Waals surface area contributed by atoms with Crippen molar-refractivity contribution in [3.8, 4) is 0 Å². The van der Waals surface area contributed by atoms with E-state index >= 15 is 0 Å². The fourth-order valence-corrected chi connectivity index (χ4v) is 3.77. The van der Waals surface area contributed by atoms with E-state index in [2.05, 4.69) is 15.2 Å². The van der Waals surface area contributed by atoms with E-state index in [9.17, 15) is 4.79 Å². The number of benzene rings is 1. The maximum Gasteiger partial charge on any atom is 0.251 e. The van der Waals surface area contributed by atoms with Gasteiger partial charge in [0.05, 0.1) is 25.5 Å². The van der Waals surface area contributed by atoms with Crippen LogP contribution in [-0.4, -0.2) is 55.3 Å². The molecule has 29 heavy (non-hydrogen) atoms. The van der Waals surface area contributed by atoms with E-state index in [-0.39, 0.29) is 11.9 Å². The molecular formula is C21H28N4O3S. The maximum atomic E-state index is 12.1. The first kappa shape index (κ1) is 21.5. The molecule has 0 saturated carbocycles. The van der Waals surface area contributed by atoms with Crippen LogP contribution in [-0.2, 0) is 21.8 Å². The molecule has 1 N–H and O–H groups in total. The number of hydrogen-bond donors (Lipinski definition) is 1. The van der Waals surface area contributed by atoms with Gasteiger partial charge in [-0.05, 0) is 31.5 Å². The third-order valence-electron chi connectivity index (χ3n) is 4.38. The number of rotatable bonds is 8. The molecule has 1 aliphatic rings. The summed E-state index contributed by atoms with van der Waals surface area (Å²) in [7, 11) is 1.67. The van der Waals surface area contributed by atoms with Gasteiger partial charge in [0.1, 0.15) is 5.82 Å². The van der Waals surface area contributed by atoms with Crippen molar-refractivity contribution in [2.45, 2.75) is 37.4 Å². The average molecular weight is 417 g/mol. The zero-order chi connectivity index (χ0) is 20.6. The molecule has 0 bridgehead atoms. The molecule has 2 heterocycles. The SMILES string of the molecule is COCc1cc(N2CCOCC2)nc(SCc2ccc(C(=O)NC(C)C)cc2)n1. The molecule has 0 unspecified atom stereocenters. The Labute approximate surface area is 176 Å². The molecule has 1 aliphatic heterocycles. The summed E-state index contributed by atoms with van der Waals surface area (Å²) in [6.45, 7) is 7.43. The third-order valence-corrected chi connectivity index (χ3v) is 5.29. The summed E-state index contributed by atoms with van der Waals surface area (Å²) in [5.41, 5.74) is 2.65. The number of carbonyl (C=O) groups is 1. The molecule has 1 saturated heterocycles. The van der Waals surface area contributed by atoms with Crippen LogP contribution in [0.4, 0.5) is 5.82 Å². The van der Waals surface area contributed by atoms with Crippen LogP contribution >= 0.6 is 11.8 Å². The number of aromatic nitrogens is 2. The summed E-state index contributed by atoms with van der Waals surface area (Å²) < 4.78 is 10.7. The van der Waals surface area contributed by atoms with Gasteiger partial charge in [0.25, 0.3) is 5.91 Å². The first-order valence-electron chi connectivity index (χ1n) is 9.77. The highest BCUT2D eigenvalue weighted by atomic mass is 32.2. The zero-order valence-electron chi connectivity index (χ0n) is 17.2. The number of hydrogen-bond acceptors (Lipinski definition) is 7. The number of carbonyl (C=O) groups excluding carboxylic acids is 1. The summed E-state index contributed by atoms with van der Waals surface area (Å²) in [5.74, 6) is 1.59. The quantitative estimate of drug-likeness (QED) is 0.524. The van der Waals surface area contributed by atoms with E-state index in [0.717, 1.165) is 41.1 Å². The largest absolute Gasteiger partial charge is 0.378 e. The Morgan fingerprint density at radius 2 is 1.97 bits per heavy atom. The van der Waals surface area contributed by atoms with E-state index in [4.69, 9.17) is 14.5 Å². The number of anilines is 1.